The van der Waals surface area contributed by atoms with E-state index in [1.807, 2.05) is 0 Å². The van der Waals surface area contributed by atoms with Crippen LogP contribution in [-0.2, 0) is 0 Å². The van der Waals surface area contributed by atoms with Crippen molar-refractivity contribution in [3.8, 4) is 17.0 Å². The summed E-state index contributed by atoms with van der Waals surface area (Å²) in [6.07, 6.45) is 4.78. The average molecular weight is 312 g/mol. The Labute approximate surface area is 123 Å². The van der Waals surface area contributed by atoms with Crippen molar-refractivity contribution in [1.29, 1.82) is 0 Å². The van der Waals surface area contributed by atoms with Gasteiger partial charge in [-0.15, -0.1) is 0 Å². The molecule has 0 atom stereocenters. The maximum absolute atomic E-state index is 13.9. The summed E-state index contributed by atoms with van der Waals surface area (Å²) in [7, 11) is 1.38. The van der Waals surface area contributed by atoms with E-state index in [1.54, 1.807) is 16.8 Å². The molecule has 4 nitrogen and oxygen atoms in total. The largest absolute Gasteiger partial charge is 0.494 e. The molecule has 1 aromatic carbocycles. The molecule has 3 aromatic rings. The highest BCUT2D eigenvalue weighted by molar-refractivity contribution is 6.33. The van der Waals surface area contributed by atoms with Gasteiger partial charge in [-0.25, -0.2) is 14.4 Å². The Balaban J connectivity index is 2.26. The van der Waals surface area contributed by atoms with Crippen molar-refractivity contribution in [3.05, 3.63) is 46.7 Å². The molecule has 0 N–H and O–H groups in total. The second-order valence-corrected chi connectivity index (χ2v) is 4.79. The van der Waals surface area contributed by atoms with E-state index in [-0.39, 0.29) is 10.9 Å². The summed E-state index contributed by atoms with van der Waals surface area (Å²) in [6.45, 7) is 0. The molecule has 0 spiro atoms. The lowest BCUT2D eigenvalue weighted by atomic mass is 10.1. The van der Waals surface area contributed by atoms with Gasteiger partial charge >= 0.3 is 0 Å². The van der Waals surface area contributed by atoms with Gasteiger partial charge in [0.15, 0.2) is 22.4 Å². The van der Waals surface area contributed by atoms with E-state index < -0.39 is 5.82 Å². The summed E-state index contributed by atoms with van der Waals surface area (Å²) in [5, 5.41) is 0.627. The van der Waals surface area contributed by atoms with Gasteiger partial charge in [0.25, 0.3) is 0 Å². The van der Waals surface area contributed by atoms with Crippen LogP contribution >= 0.6 is 23.2 Å². The normalized spacial score (nSPS) is 11.0. The zero-order chi connectivity index (χ0) is 14.3. The summed E-state index contributed by atoms with van der Waals surface area (Å²) in [5.41, 5.74) is 1.60. The Morgan fingerprint density at radius 3 is 2.80 bits per heavy atom. The third kappa shape index (κ3) is 1.99. The minimum atomic E-state index is -0.498. The standard InChI is InChI=1S/C13H8Cl2FN3O/c1-20-11-5-8(14)7(4-9(11)16)10-6-18-13-12(15)17-2-3-19(10)13/h2-6H,1H3. The number of hydrogen-bond acceptors (Lipinski definition) is 3. The third-order valence-electron chi connectivity index (χ3n) is 2.90. The molecule has 0 aliphatic rings. The molecular weight excluding hydrogens is 304 g/mol. The molecule has 2 aromatic heterocycles. The molecular formula is C13H8Cl2FN3O. The van der Waals surface area contributed by atoms with Crippen LogP contribution in [0.3, 0.4) is 0 Å². The smallest absolute Gasteiger partial charge is 0.175 e. The van der Waals surface area contributed by atoms with Crippen LogP contribution in [0.15, 0.2) is 30.7 Å². The van der Waals surface area contributed by atoms with Crippen molar-refractivity contribution in [2.75, 3.05) is 7.11 Å². The van der Waals surface area contributed by atoms with Gasteiger partial charge in [0, 0.05) is 24.0 Å². The van der Waals surface area contributed by atoms with E-state index in [1.165, 1.54) is 25.4 Å². The van der Waals surface area contributed by atoms with Gasteiger partial charge < -0.3 is 4.74 Å². The lowest BCUT2D eigenvalue weighted by Gasteiger charge is -2.08. The highest BCUT2D eigenvalue weighted by Gasteiger charge is 2.15. The highest BCUT2D eigenvalue weighted by Crippen LogP contribution is 2.34. The molecule has 3 rings (SSSR count). The molecule has 0 radical (unpaired) electrons. The number of ether oxygens (including phenoxy) is 1. The van der Waals surface area contributed by atoms with E-state index in [9.17, 15) is 4.39 Å². The second kappa shape index (κ2) is 4.92. The number of halogens is 3. The van der Waals surface area contributed by atoms with Gasteiger partial charge in [-0.2, -0.15) is 0 Å². The molecule has 7 heteroatoms. The van der Waals surface area contributed by atoms with Crippen LogP contribution in [0.25, 0.3) is 16.9 Å². The summed E-state index contributed by atoms with van der Waals surface area (Å²) in [4.78, 5) is 8.10. The number of nitrogens with zero attached hydrogens (tertiary/aromatic N) is 3. The predicted octanol–water partition coefficient (Wildman–Crippen LogP) is 3.85. The summed E-state index contributed by atoms with van der Waals surface area (Å²) >= 11 is 12.1. The van der Waals surface area contributed by atoms with Gasteiger partial charge in [0.2, 0.25) is 0 Å². The van der Waals surface area contributed by atoms with Gasteiger partial charge in [-0.05, 0) is 6.07 Å². The Morgan fingerprint density at radius 1 is 1.25 bits per heavy atom. The van der Waals surface area contributed by atoms with Crippen molar-refractivity contribution in [1.82, 2.24) is 14.4 Å². The molecule has 0 saturated carbocycles. The molecule has 0 fully saturated rings. The SMILES string of the molecule is COc1cc(Cl)c(-c2cnc3c(Cl)nccn23)cc1F. The molecule has 0 unspecified atom stereocenters. The van der Waals surface area contributed by atoms with Crippen LogP contribution in [0.1, 0.15) is 0 Å². The lowest BCUT2D eigenvalue weighted by molar-refractivity contribution is 0.386. The lowest BCUT2D eigenvalue weighted by Crippen LogP contribution is -1.93. The summed E-state index contributed by atoms with van der Waals surface area (Å²) in [5.74, 6) is -0.408. The number of rotatable bonds is 2. The first kappa shape index (κ1) is 13.1. The summed E-state index contributed by atoms with van der Waals surface area (Å²) < 4.78 is 20.4. The molecule has 0 amide bonds. The molecule has 0 aliphatic carbocycles. The number of imidazole rings is 1. The zero-order valence-electron chi connectivity index (χ0n) is 10.3. The van der Waals surface area contributed by atoms with Crippen molar-refractivity contribution in [2.24, 2.45) is 0 Å². The molecule has 20 heavy (non-hydrogen) atoms. The van der Waals surface area contributed by atoms with Crippen LogP contribution in [-0.4, -0.2) is 21.5 Å². The van der Waals surface area contributed by atoms with Crippen LogP contribution < -0.4 is 4.74 Å². The first-order valence-electron chi connectivity index (χ1n) is 5.63. The Bertz CT molecular complexity index is 804. The third-order valence-corrected chi connectivity index (χ3v) is 3.48. The first-order valence-corrected chi connectivity index (χ1v) is 6.38. The number of hydrogen-bond donors (Lipinski definition) is 0. The molecule has 2 heterocycles. The Hall–Kier alpha value is -1.85. The maximum atomic E-state index is 13.9. The number of fused-ring (bicyclic) bond motifs is 1. The average Bonchev–Trinajstić information content (AvgIpc) is 2.86. The zero-order valence-corrected chi connectivity index (χ0v) is 11.8. The van der Waals surface area contributed by atoms with E-state index in [2.05, 4.69) is 9.97 Å². The van der Waals surface area contributed by atoms with Crippen LogP contribution in [0.2, 0.25) is 10.2 Å². The fourth-order valence-electron chi connectivity index (χ4n) is 1.97. The van der Waals surface area contributed by atoms with Gasteiger partial charge in [-0.3, -0.25) is 4.40 Å². The fourth-order valence-corrected chi connectivity index (χ4v) is 2.41. The van der Waals surface area contributed by atoms with Crippen molar-refractivity contribution < 1.29 is 9.13 Å². The van der Waals surface area contributed by atoms with Crippen LogP contribution in [0, 0.1) is 5.82 Å². The predicted molar refractivity (Wildman–Crippen MR) is 75.0 cm³/mol. The topological polar surface area (TPSA) is 39.4 Å². The van der Waals surface area contributed by atoms with Gasteiger partial charge in [0.1, 0.15) is 0 Å². The van der Waals surface area contributed by atoms with E-state index in [4.69, 9.17) is 27.9 Å². The molecule has 0 bridgehead atoms. The van der Waals surface area contributed by atoms with Crippen LogP contribution in [0.5, 0.6) is 5.75 Å². The van der Waals surface area contributed by atoms with E-state index >= 15 is 0 Å². The maximum Gasteiger partial charge on any atom is 0.175 e. The van der Waals surface area contributed by atoms with Gasteiger partial charge in [-0.1, -0.05) is 23.2 Å². The minimum Gasteiger partial charge on any atom is -0.494 e. The Kier molecular flexibility index (Phi) is 3.23. The van der Waals surface area contributed by atoms with Crippen LogP contribution in [0.4, 0.5) is 4.39 Å². The molecule has 102 valence electrons. The van der Waals surface area contributed by atoms with Gasteiger partial charge in [0.05, 0.1) is 24.0 Å². The Morgan fingerprint density at radius 2 is 2.05 bits per heavy atom. The van der Waals surface area contributed by atoms with Crippen molar-refractivity contribution in [3.63, 3.8) is 0 Å². The second-order valence-electron chi connectivity index (χ2n) is 4.02. The fraction of sp³-hybridized carbons (Fsp3) is 0.0769. The van der Waals surface area contributed by atoms with Crippen molar-refractivity contribution in [2.45, 2.75) is 0 Å². The van der Waals surface area contributed by atoms with E-state index in [0.717, 1.165) is 0 Å². The van der Waals surface area contributed by atoms with Crippen molar-refractivity contribution >= 4 is 28.8 Å². The quantitative estimate of drug-likeness (QED) is 0.721. The monoisotopic (exact) mass is 311 g/mol. The number of aromatic nitrogens is 3. The molecule has 0 aliphatic heterocycles. The minimum absolute atomic E-state index is 0.0901. The number of benzene rings is 1. The van der Waals surface area contributed by atoms with E-state index in [0.29, 0.717) is 21.9 Å². The molecule has 0 saturated heterocycles. The summed E-state index contributed by atoms with van der Waals surface area (Å²) in [6, 6.07) is 2.73. The number of methoxy groups -OCH3 is 1. The first-order chi connectivity index (χ1) is 9.61. The highest BCUT2D eigenvalue weighted by atomic mass is 35.5.